The van der Waals surface area contributed by atoms with Gasteiger partial charge in [-0.25, -0.2) is 8.42 Å². The fourth-order valence-corrected chi connectivity index (χ4v) is 7.51. The average Bonchev–Trinajstić information content (AvgIpc) is 2.91. The molecule has 0 radical (unpaired) electrons. The number of nitrogens with zero attached hydrogens (tertiary/aromatic N) is 1. The molecule has 4 aliphatic carbocycles. The summed E-state index contributed by atoms with van der Waals surface area (Å²) >= 11 is 0. The molecule has 1 aliphatic heterocycles. The molecule has 6 rings (SSSR count). The fourth-order valence-electron chi connectivity index (χ4n) is 6.37. The molecule has 1 aromatic carbocycles. The van der Waals surface area contributed by atoms with Crippen LogP contribution in [0.2, 0.25) is 0 Å². The van der Waals surface area contributed by atoms with E-state index >= 15 is 0 Å². The smallest absolute Gasteiger partial charge is 0.243 e. The van der Waals surface area contributed by atoms with Gasteiger partial charge >= 0.3 is 0 Å². The second-order valence-corrected chi connectivity index (χ2v) is 11.7. The SMILES string of the molecule is CN(CC(=O)NC12CC3CC(CC(C3)C1)C2)S(=O)(=O)c1ccc2c(c1)OCCCO2. The predicted molar refractivity (Wildman–Crippen MR) is 111 cm³/mol. The molecular weight excluding hydrogens is 404 g/mol. The van der Waals surface area contributed by atoms with Gasteiger partial charge in [-0.3, -0.25) is 4.79 Å². The van der Waals surface area contributed by atoms with Crippen molar-refractivity contribution in [3.05, 3.63) is 18.2 Å². The molecule has 4 bridgehead atoms. The summed E-state index contributed by atoms with van der Waals surface area (Å²) in [6.07, 6.45) is 7.78. The summed E-state index contributed by atoms with van der Waals surface area (Å²) in [6, 6.07) is 4.62. The maximum absolute atomic E-state index is 13.1. The quantitative estimate of drug-likeness (QED) is 0.770. The summed E-state index contributed by atoms with van der Waals surface area (Å²) in [7, 11) is -2.35. The number of nitrogens with one attached hydrogen (secondary N) is 1. The first-order chi connectivity index (χ1) is 14.3. The van der Waals surface area contributed by atoms with Crippen LogP contribution in [0.15, 0.2) is 23.1 Å². The molecule has 0 spiro atoms. The molecule has 7 nitrogen and oxygen atoms in total. The number of ether oxygens (including phenoxy) is 2. The van der Waals surface area contributed by atoms with Crippen LogP contribution in [-0.2, 0) is 14.8 Å². The minimum absolute atomic E-state index is 0.108. The number of carbonyl (C=O) groups is 1. The number of amides is 1. The molecule has 1 heterocycles. The van der Waals surface area contributed by atoms with Crippen LogP contribution in [0.3, 0.4) is 0 Å². The molecule has 1 amide bonds. The van der Waals surface area contributed by atoms with Crippen molar-refractivity contribution in [3.8, 4) is 11.5 Å². The van der Waals surface area contributed by atoms with Gasteiger partial charge < -0.3 is 14.8 Å². The third-order valence-corrected chi connectivity index (χ3v) is 9.04. The largest absolute Gasteiger partial charge is 0.490 e. The van der Waals surface area contributed by atoms with Crippen molar-refractivity contribution >= 4 is 15.9 Å². The summed E-state index contributed by atoms with van der Waals surface area (Å²) < 4.78 is 38.4. The lowest BCUT2D eigenvalue weighted by Gasteiger charge is -2.57. The second-order valence-electron chi connectivity index (χ2n) is 9.67. The summed E-state index contributed by atoms with van der Waals surface area (Å²) in [5, 5.41) is 3.25. The van der Waals surface area contributed by atoms with Crippen LogP contribution in [0.4, 0.5) is 0 Å². The van der Waals surface area contributed by atoms with Gasteiger partial charge in [0.25, 0.3) is 0 Å². The highest BCUT2D eigenvalue weighted by Crippen LogP contribution is 2.55. The Labute approximate surface area is 178 Å². The number of likely N-dealkylation sites (N-methyl/N-ethyl adjacent to an activating group) is 1. The fraction of sp³-hybridized carbons (Fsp3) is 0.682. The van der Waals surface area contributed by atoms with E-state index in [1.54, 1.807) is 6.07 Å². The number of benzene rings is 1. The van der Waals surface area contributed by atoms with Crippen molar-refractivity contribution in [2.24, 2.45) is 17.8 Å². The molecule has 0 atom stereocenters. The molecule has 8 heteroatoms. The van der Waals surface area contributed by atoms with Crippen LogP contribution in [0.1, 0.15) is 44.9 Å². The minimum Gasteiger partial charge on any atom is -0.490 e. The molecule has 164 valence electrons. The highest BCUT2D eigenvalue weighted by molar-refractivity contribution is 7.89. The van der Waals surface area contributed by atoms with E-state index in [0.717, 1.165) is 47.7 Å². The Kier molecular flexibility index (Phi) is 4.97. The molecule has 1 aromatic rings. The molecule has 4 saturated carbocycles. The molecule has 5 aliphatic rings. The number of hydrogen-bond donors (Lipinski definition) is 1. The molecule has 0 saturated heterocycles. The molecule has 30 heavy (non-hydrogen) atoms. The van der Waals surface area contributed by atoms with Crippen molar-refractivity contribution in [3.63, 3.8) is 0 Å². The average molecular weight is 435 g/mol. The monoisotopic (exact) mass is 434 g/mol. The van der Waals surface area contributed by atoms with Crippen molar-refractivity contribution < 1.29 is 22.7 Å². The van der Waals surface area contributed by atoms with Crippen LogP contribution in [0.25, 0.3) is 0 Å². The first kappa shape index (κ1) is 20.1. The van der Waals surface area contributed by atoms with Crippen molar-refractivity contribution in [2.45, 2.75) is 55.4 Å². The van der Waals surface area contributed by atoms with Gasteiger partial charge in [0.05, 0.1) is 24.7 Å². The van der Waals surface area contributed by atoms with Gasteiger partial charge in [-0.2, -0.15) is 4.31 Å². The van der Waals surface area contributed by atoms with Crippen molar-refractivity contribution in [2.75, 3.05) is 26.8 Å². The Bertz CT molecular complexity index is 910. The van der Waals surface area contributed by atoms with Crippen LogP contribution in [0.5, 0.6) is 11.5 Å². The van der Waals surface area contributed by atoms with Gasteiger partial charge in [-0.15, -0.1) is 0 Å². The van der Waals surface area contributed by atoms with Crippen LogP contribution >= 0.6 is 0 Å². The molecule has 1 N–H and O–H groups in total. The Morgan fingerprint density at radius 2 is 1.67 bits per heavy atom. The third-order valence-electron chi connectivity index (χ3n) is 7.24. The summed E-state index contributed by atoms with van der Waals surface area (Å²) in [6.45, 7) is 0.849. The van der Waals surface area contributed by atoms with Crippen LogP contribution in [0, 0.1) is 17.8 Å². The summed E-state index contributed by atoms with van der Waals surface area (Å²) in [5.74, 6) is 2.94. The Hall–Kier alpha value is -1.80. The predicted octanol–water partition coefficient (Wildman–Crippen LogP) is 2.55. The number of rotatable bonds is 5. The standard InChI is InChI=1S/C22H30N2O5S/c1-24(30(26,27)18-3-4-19-20(10-18)29-6-2-5-28-19)14-21(25)23-22-11-15-7-16(12-22)9-17(8-15)13-22/h3-4,10,15-17H,2,5-9,11-14H2,1H3,(H,23,25). The van der Waals surface area contributed by atoms with E-state index in [4.69, 9.17) is 9.47 Å². The van der Waals surface area contributed by atoms with E-state index in [1.165, 1.54) is 38.4 Å². The van der Waals surface area contributed by atoms with Gasteiger partial charge in [-0.1, -0.05) is 0 Å². The van der Waals surface area contributed by atoms with E-state index < -0.39 is 10.0 Å². The maximum Gasteiger partial charge on any atom is 0.243 e. The summed E-state index contributed by atoms with van der Waals surface area (Å²) in [4.78, 5) is 12.9. The van der Waals surface area contributed by atoms with E-state index in [0.29, 0.717) is 24.7 Å². The highest BCUT2D eigenvalue weighted by Gasteiger charge is 2.51. The Balaban J connectivity index is 1.27. The minimum atomic E-state index is -3.81. The first-order valence-corrected chi connectivity index (χ1v) is 12.4. The topological polar surface area (TPSA) is 84.9 Å². The highest BCUT2D eigenvalue weighted by atomic mass is 32.2. The molecule has 0 aromatic heterocycles. The zero-order valence-electron chi connectivity index (χ0n) is 17.4. The van der Waals surface area contributed by atoms with E-state index in [2.05, 4.69) is 5.32 Å². The van der Waals surface area contributed by atoms with Crippen LogP contribution < -0.4 is 14.8 Å². The lowest BCUT2D eigenvalue weighted by Crippen LogP contribution is -2.61. The molecular formula is C22H30N2O5S. The van der Waals surface area contributed by atoms with Gasteiger partial charge in [0.2, 0.25) is 15.9 Å². The van der Waals surface area contributed by atoms with Crippen molar-refractivity contribution in [1.29, 1.82) is 0 Å². The second kappa shape index (κ2) is 7.41. The molecule has 4 fully saturated rings. The van der Waals surface area contributed by atoms with E-state index in [-0.39, 0.29) is 22.9 Å². The molecule has 0 unspecified atom stereocenters. The Morgan fingerprint density at radius 1 is 1.07 bits per heavy atom. The number of sulfonamides is 1. The van der Waals surface area contributed by atoms with Crippen LogP contribution in [-0.4, -0.2) is 51.0 Å². The van der Waals surface area contributed by atoms with E-state index in [9.17, 15) is 13.2 Å². The number of fused-ring (bicyclic) bond motifs is 1. The van der Waals surface area contributed by atoms with E-state index in [1.807, 2.05) is 0 Å². The third kappa shape index (κ3) is 3.68. The first-order valence-electron chi connectivity index (χ1n) is 11.0. The van der Waals surface area contributed by atoms with Crippen molar-refractivity contribution in [1.82, 2.24) is 9.62 Å². The number of hydrogen-bond acceptors (Lipinski definition) is 5. The normalized spacial score (nSPS) is 32.1. The Morgan fingerprint density at radius 3 is 2.30 bits per heavy atom. The summed E-state index contributed by atoms with van der Waals surface area (Å²) in [5.41, 5.74) is -0.119. The lowest BCUT2D eigenvalue weighted by molar-refractivity contribution is -0.126. The van der Waals surface area contributed by atoms with Gasteiger partial charge in [0, 0.05) is 25.1 Å². The zero-order valence-corrected chi connectivity index (χ0v) is 18.2. The lowest BCUT2D eigenvalue weighted by atomic mass is 9.53. The van der Waals surface area contributed by atoms with Gasteiger partial charge in [0.15, 0.2) is 11.5 Å². The maximum atomic E-state index is 13.1. The zero-order chi connectivity index (χ0) is 20.9. The number of carbonyl (C=O) groups excluding carboxylic acids is 1. The van der Waals surface area contributed by atoms with Gasteiger partial charge in [0.1, 0.15) is 0 Å². The van der Waals surface area contributed by atoms with Gasteiger partial charge in [-0.05, 0) is 68.4 Å².